The van der Waals surface area contributed by atoms with Crippen molar-refractivity contribution in [3.05, 3.63) is 60.5 Å². The molecule has 26 heavy (non-hydrogen) atoms. The lowest BCUT2D eigenvalue weighted by Gasteiger charge is -2.36. The lowest BCUT2D eigenvalue weighted by atomic mass is 10.1. The van der Waals surface area contributed by atoms with Crippen LogP contribution in [0.4, 0.5) is 5.69 Å². The van der Waals surface area contributed by atoms with Crippen molar-refractivity contribution >= 4 is 11.6 Å². The van der Waals surface area contributed by atoms with Gasteiger partial charge in [0.15, 0.2) is 11.5 Å². The zero-order valence-corrected chi connectivity index (χ0v) is 15.4. The minimum absolute atomic E-state index is 0.181. The third-order valence-corrected chi connectivity index (χ3v) is 4.68. The first-order valence-corrected chi connectivity index (χ1v) is 8.84. The van der Waals surface area contributed by atoms with Crippen molar-refractivity contribution in [2.24, 2.45) is 0 Å². The number of hydrogen-bond donors (Lipinski definition) is 0. The lowest BCUT2D eigenvalue weighted by Crippen LogP contribution is -2.48. The van der Waals surface area contributed by atoms with E-state index in [1.165, 1.54) is 0 Å². The van der Waals surface area contributed by atoms with Gasteiger partial charge in [-0.1, -0.05) is 30.3 Å². The van der Waals surface area contributed by atoms with E-state index in [-0.39, 0.29) is 5.91 Å². The molecule has 3 rings (SSSR count). The SMILES string of the molecule is COc1ccc(N2CCN(C(=O)C[CH]c3ccccc3)CC2)cc1OC. The Morgan fingerprint density at radius 1 is 0.962 bits per heavy atom. The first kappa shape index (κ1) is 18.1. The standard InChI is InChI=1S/C21H25N2O3/c1-25-19-10-9-18(16-20(19)26-2)22-12-14-23(15-13-22)21(24)11-8-17-6-4-3-5-7-17/h3-10,16H,11-15H2,1-2H3. The largest absolute Gasteiger partial charge is 0.493 e. The van der Waals surface area contributed by atoms with Crippen molar-refractivity contribution in [1.29, 1.82) is 0 Å². The summed E-state index contributed by atoms with van der Waals surface area (Å²) in [5.74, 6) is 1.63. The van der Waals surface area contributed by atoms with Crippen LogP contribution in [0.3, 0.4) is 0 Å². The minimum atomic E-state index is 0.181. The number of anilines is 1. The number of carbonyl (C=O) groups excluding carboxylic acids is 1. The zero-order valence-electron chi connectivity index (χ0n) is 15.4. The summed E-state index contributed by atoms with van der Waals surface area (Å²) in [6.45, 7) is 3.09. The van der Waals surface area contributed by atoms with Crippen LogP contribution in [0.2, 0.25) is 0 Å². The zero-order chi connectivity index (χ0) is 18.4. The molecule has 0 N–H and O–H groups in total. The molecular formula is C21H25N2O3. The minimum Gasteiger partial charge on any atom is -0.493 e. The van der Waals surface area contributed by atoms with Crippen LogP contribution in [-0.2, 0) is 4.79 Å². The number of methoxy groups -OCH3 is 2. The average molecular weight is 353 g/mol. The van der Waals surface area contributed by atoms with Gasteiger partial charge < -0.3 is 19.3 Å². The van der Waals surface area contributed by atoms with Gasteiger partial charge in [-0.3, -0.25) is 4.79 Å². The van der Waals surface area contributed by atoms with Crippen LogP contribution in [0.5, 0.6) is 11.5 Å². The molecule has 1 fully saturated rings. The van der Waals surface area contributed by atoms with Gasteiger partial charge in [-0.2, -0.15) is 0 Å². The summed E-state index contributed by atoms with van der Waals surface area (Å²) in [7, 11) is 3.27. The predicted molar refractivity (Wildman–Crippen MR) is 103 cm³/mol. The molecule has 1 amide bonds. The first-order chi connectivity index (χ1) is 12.7. The highest BCUT2D eigenvalue weighted by Gasteiger charge is 2.21. The summed E-state index contributed by atoms with van der Waals surface area (Å²) in [5, 5.41) is 0. The fourth-order valence-electron chi connectivity index (χ4n) is 3.16. The van der Waals surface area contributed by atoms with E-state index in [0.717, 1.165) is 48.9 Å². The number of benzene rings is 2. The molecule has 2 aromatic carbocycles. The van der Waals surface area contributed by atoms with Crippen molar-refractivity contribution in [2.45, 2.75) is 6.42 Å². The van der Waals surface area contributed by atoms with Crippen LogP contribution in [-0.4, -0.2) is 51.2 Å². The molecule has 0 unspecified atom stereocenters. The normalized spacial score (nSPS) is 14.2. The number of rotatable bonds is 6. The molecular weight excluding hydrogens is 328 g/mol. The second kappa shape index (κ2) is 8.61. The maximum atomic E-state index is 12.4. The number of piperazine rings is 1. The molecule has 0 aliphatic carbocycles. The Morgan fingerprint density at radius 2 is 1.65 bits per heavy atom. The summed E-state index contributed by atoms with van der Waals surface area (Å²) in [6.07, 6.45) is 2.43. The Bertz CT molecular complexity index is 725. The third-order valence-electron chi connectivity index (χ3n) is 4.68. The van der Waals surface area contributed by atoms with E-state index >= 15 is 0 Å². The van der Waals surface area contributed by atoms with Gasteiger partial charge in [0.2, 0.25) is 5.91 Å². The summed E-state index contributed by atoms with van der Waals surface area (Å²) in [5.41, 5.74) is 2.18. The van der Waals surface area contributed by atoms with Crippen molar-refractivity contribution in [2.75, 3.05) is 45.3 Å². The van der Waals surface area contributed by atoms with Crippen molar-refractivity contribution in [3.63, 3.8) is 0 Å². The maximum Gasteiger partial charge on any atom is 0.223 e. The molecule has 0 atom stereocenters. The molecule has 2 aromatic rings. The summed E-state index contributed by atoms with van der Waals surface area (Å²) >= 11 is 0. The van der Waals surface area contributed by atoms with Crippen LogP contribution in [0.25, 0.3) is 0 Å². The Hall–Kier alpha value is -2.69. The van der Waals surface area contributed by atoms with Crippen LogP contribution in [0, 0.1) is 6.42 Å². The molecule has 137 valence electrons. The fraction of sp³-hybridized carbons (Fsp3) is 0.333. The topological polar surface area (TPSA) is 42.0 Å². The molecule has 1 aliphatic rings. The molecule has 1 radical (unpaired) electrons. The van der Waals surface area contributed by atoms with Crippen LogP contribution in [0.1, 0.15) is 12.0 Å². The lowest BCUT2D eigenvalue weighted by molar-refractivity contribution is -0.130. The monoisotopic (exact) mass is 353 g/mol. The van der Waals surface area contributed by atoms with E-state index in [0.29, 0.717) is 6.42 Å². The predicted octanol–water partition coefficient (Wildman–Crippen LogP) is 3.00. The van der Waals surface area contributed by atoms with Crippen LogP contribution in [0.15, 0.2) is 48.5 Å². The van der Waals surface area contributed by atoms with Gasteiger partial charge in [0.1, 0.15) is 0 Å². The van der Waals surface area contributed by atoms with E-state index in [1.54, 1.807) is 14.2 Å². The first-order valence-electron chi connectivity index (χ1n) is 8.84. The van der Waals surface area contributed by atoms with Crippen molar-refractivity contribution < 1.29 is 14.3 Å². The number of hydrogen-bond acceptors (Lipinski definition) is 4. The summed E-state index contributed by atoms with van der Waals surface area (Å²) in [6, 6.07) is 15.9. The van der Waals surface area contributed by atoms with Gasteiger partial charge in [-0.25, -0.2) is 0 Å². The van der Waals surface area contributed by atoms with Crippen LogP contribution < -0.4 is 14.4 Å². The maximum absolute atomic E-state index is 12.4. The Kier molecular flexibility index (Phi) is 6.00. The molecule has 0 spiro atoms. The van der Waals surface area contributed by atoms with Gasteiger partial charge in [0.05, 0.1) is 14.2 Å². The van der Waals surface area contributed by atoms with Gasteiger partial charge in [-0.15, -0.1) is 0 Å². The second-order valence-corrected chi connectivity index (χ2v) is 6.23. The molecule has 5 heteroatoms. The van der Waals surface area contributed by atoms with Crippen molar-refractivity contribution in [1.82, 2.24) is 4.90 Å². The number of nitrogens with zero attached hydrogens (tertiary/aromatic N) is 2. The molecule has 0 aromatic heterocycles. The van der Waals surface area contributed by atoms with E-state index in [2.05, 4.69) is 4.90 Å². The highest BCUT2D eigenvalue weighted by Crippen LogP contribution is 2.31. The summed E-state index contributed by atoms with van der Waals surface area (Å²) in [4.78, 5) is 16.6. The van der Waals surface area contributed by atoms with Gasteiger partial charge in [0.25, 0.3) is 0 Å². The molecule has 5 nitrogen and oxygen atoms in total. The number of ether oxygens (including phenoxy) is 2. The molecule has 0 bridgehead atoms. The Balaban J connectivity index is 1.53. The molecule has 1 heterocycles. The molecule has 1 aliphatic heterocycles. The average Bonchev–Trinajstić information content (AvgIpc) is 2.72. The Morgan fingerprint density at radius 3 is 2.31 bits per heavy atom. The van der Waals surface area contributed by atoms with Gasteiger partial charge in [0, 0.05) is 44.4 Å². The van der Waals surface area contributed by atoms with E-state index < -0.39 is 0 Å². The highest BCUT2D eigenvalue weighted by molar-refractivity contribution is 5.78. The Labute approximate surface area is 155 Å². The van der Waals surface area contributed by atoms with E-state index in [1.807, 2.05) is 59.9 Å². The summed E-state index contributed by atoms with van der Waals surface area (Å²) < 4.78 is 10.7. The van der Waals surface area contributed by atoms with Crippen molar-refractivity contribution in [3.8, 4) is 11.5 Å². The van der Waals surface area contributed by atoms with Crippen LogP contribution >= 0.6 is 0 Å². The number of amides is 1. The third kappa shape index (κ3) is 4.28. The fourth-order valence-corrected chi connectivity index (χ4v) is 3.16. The van der Waals surface area contributed by atoms with Gasteiger partial charge >= 0.3 is 0 Å². The second-order valence-electron chi connectivity index (χ2n) is 6.23. The molecule has 1 saturated heterocycles. The molecule has 0 saturated carbocycles. The quantitative estimate of drug-likeness (QED) is 0.801. The van der Waals surface area contributed by atoms with Gasteiger partial charge in [-0.05, 0) is 24.1 Å². The number of carbonyl (C=O) groups is 1. The van der Waals surface area contributed by atoms with E-state index in [9.17, 15) is 4.79 Å². The smallest absolute Gasteiger partial charge is 0.223 e. The van der Waals surface area contributed by atoms with E-state index in [4.69, 9.17) is 9.47 Å². The highest BCUT2D eigenvalue weighted by atomic mass is 16.5.